The van der Waals surface area contributed by atoms with Crippen molar-refractivity contribution in [1.29, 1.82) is 0 Å². The lowest BCUT2D eigenvalue weighted by Gasteiger charge is -2.09. The van der Waals surface area contributed by atoms with Crippen LogP contribution in [0.25, 0.3) is 0 Å². The summed E-state index contributed by atoms with van der Waals surface area (Å²) in [5.41, 5.74) is 9.44. The molecule has 0 spiro atoms. The van der Waals surface area contributed by atoms with Crippen molar-refractivity contribution in [3.63, 3.8) is 0 Å². The largest absolute Gasteiger partial charge is 0.398 e. The van der Waals surface area contributed by atoms with Gasteiger partial charge in [0, 0.05) is 17.8 Å². The average Bonchev–Trinajstić information content (AvgIpc) is 2.69. The third-order valence-corrected chi connectivity index (χ3v) is 3.95. The van der Waals surface area contributed by atoms with E-state index < -0.39 is 0 Å². The second-order valence-electron chi connectivity index (χ2n) is 4.78. The van der Waals surface area contributed by atoms with Gasteiger partial charge in [-0.15, -0.1) is 0 Å². The van der Waals surface area contributed by atoms with E-state index in [1.165, 1.54) is 0 Å². The lowest BCUT2D eigenvalue weighted by atomic mass is 10.00. The lowest BCUT2D eigenvalue weighted by Crippen LogP contribution is -2.12. The Hall–Kier alpha value is -1.81. The van der Waals surface area contributed by atoms with Crippen molar-refractivity contribution in [1.82, 2.24) is 9.78 Å². The number of benzene rings is 1. The Kier molecular flexibility index (Phi) is 4.14. The number of rotatable bonds is 4. The molecule has 0 saturated carbocycles. The highest BCUT2D eigenvalue weighted by molar-refractivity contribution is 6.32. The zero-order valence-corrected chi connectivity index (χ0v) is 12.7. The maximum absolute atomic E-state index is 12.5. The molecule has 1 heterocycles. The third-order valence-electron chi connectivity index (χ3n) is 3.46. The summed E-state index contributed by atoms with van der Waals surface area (Å²) >= 11 is 6.24. The van der Waals surface area contributed by atoms with Crippen LogP contribution in [0.3, 0.4) is 0 Å². The van der Waals surface area contributed by atoms with Crippen LogP contribution in [0.2, 0.25) is 5.02 Å². The number of ketones is 1. The van der Waals surface area contributed by atoms with Crippen LogP contribution in [-0.2, 0) is 13.0 Å². The first-order valence-corrected chi connectivity index (χ1v) is 6.93. The van der Waals surface area contributed by atoms with Gasteiger partial charge in [-0.1, -0.05) is 23.7 Å². The van der Waals surface area contributed by atoms with Gasteiger partial charge >= 0.3 is 0 Å². The van der Waals surface area contributed by atoms with E-state index in [9.17, 15) is 4.79 Å². The van der Waals surface area contributed by atoms with Crippen molar-refractivity contribution in [2.75, 3.05) is 5.73 Å². The minimum Gasteiger partial charge on any atom is -0.398 e. The molecule has 0 amide bonds. The monoisotopic (exact) mass is 291 g/mol. The number of aryl methyl sites for hydroxylation is 2. The quantitative estimate of drug-likeness (QED) is 0.695. The molecular weight excluding hydrogens is 274 g/mol. The molecule has 0 fully saturated rings. The van der Waals surface area contributed by atoms with E-state index in [-0.39, 0.29) is 12.2 Å². The van der Waals surface area contributed by atoms with Gasteiger partial charge in [0.25, 0.3) is 0 Å². The third kappa shape index (κ3) is 2.56. The predicted molar refractivity (Wildman–Crippen MR) is 81.3 cm³/mol. The second-order valence-corrected chi connectivity index (χ2v) is 5.16. The summed E-state index contributed by atoms with van der Waals surface area (Å²) in [6.45, 7) is 6.36. The average molecular weight is 292 g/mol. The number of nitrogen functional groups attached to an aromatic ring is 1. The molecule has 0 saturated heterocycles. The summed E-state index contributed by atoms with van der Waals surface area (Å²) in [5.74, 6) is 0.00583. The fourth-order valence-corrected chi connectivity index (χ4v) is 2.44. The van der Waals surface area contributed by atoms with Crippen LogP contribution < -0.4 is 5.73 Å². The molecule has 0 aliphatic carbocycles. The first-order valence-electron chi connectivity index (χ1n) is 6.55. The summed E-state index contributed by atoms with van der Waals surface area (Å²) in [5, 5.41) is 4.89. The molecule has 0 unspecified atom stereocenters. The molecule has 2 N–H and O–H groups in total. The van der Waals surface area contributed by atoms with Gasteiger partial charge in [0.1, 0.15) is 0 Å². The van der Waals surface area contributed by atoms with Gasteiger partial charge < -0.3 is 5.73 Å². The van der Waals surface area contributed by atoms with Gasteiger partial charge in [0.2, 0.25) is 0 Å². The molecule has 1 aromatic heterocycles. The van der Waals surface area contributed by atoms with Crippen LogP contribution in [0, 0.1) is 13.8 Å². The van der Waals surface area contributed by atoms with E-state index in [1.807, 2.05) is 20.8 Å². The van der Waals surface area contributed by atoms with E-state index in [1.54, 1.807) is 22.9 Å². The molecule has 1 aromatic carbocycles. The SMILES string of the molecule is CCn1nc(C)c(Cl)c1CC(=O)c1cccc(N)c1C. The number of carbonyl (C=O) groups excluding carboxylic acids is 1. The smallest absolute Gasteiger partial charge is 0.169 e. The number of anilines is 1. The number of hydrogen-bond donors (Lipinski definition) is 1. The van der Waals surface area contributed by atoms with Crippen molar-refractivity contribution in [2.45, 2.75) is 33.7 Å². The van der Waals surface area contributed by atoms with Crippen LogP contribution >= 0.6 is 11.6 Å². The fraction of sp³-hybridized carbons (Fsp3) is 0.333. The molecule has 0 aliphatic heterocycles. The normalized spacial score (nSPS) is 10.8. The summed E-state index contributed by atoms with van der Waals surface area (Å²) in [6, 6.07) is 5.38. The van der Waals surface area contributed by atoms with E-state index in [4.69, 9.17) is 17.3 Å². The van der Waals surface area contributed by atoms with Crippen molar-refractivity contribution in [3.05, 3.63) is 45.7 Å². The van der Waals surface area contributed by atoms with E-state index in [2.05, 4.69) is 5.10 Å². The number of hydrogen-bond acceptors (Lipinski definition) is 3. The zero-order chi connectivity index (χ0) is 14.9. The Morgan fingerprint density at radius 2 is 2.10 bits per heavy atom. The van der Waals surface area contributed by atoms with Crippen LogP contribution in [0.4, 0.5) is 5.69 Å². The number of nitrogens with two attached hydrogens (primary N) is 1. The van der Waals surface area contributed by atoms with Crippen LogP contribution in [0.1, 0.15) is 34.2 Å². The molecule has 0 radical (unpaired) electrons. The minimum atomic E-state index is 0.00583. The zero-order valence-electron chi connectivity index (χ0n) is 11.9. The molecule has 0 aliphatic rings. The summed E-state index contributed by atoms with van der Waals surface area (Å²) < 4.78 is 1.77. The topological polar surface area (TPSA) is 60.9 Å². The molecule has 2 rings (SSSR count). The highest BCUT2D eigenvalue weighted by atomic mass is 35.5. The van der Waals surface area contributed by atoms with E-state index in [0.29, 0.717) is 22.8 Å². The van der Waals surface area contributed by atoms with Crippen molar-refractivity contribution in [2.24, 2.45) is 0 Å². The fourth-order valence-electron chi connectivity index (χ4n) is 2.24. The molecular formula is C15H18ClN3O. The maximum Gasteiger partial charge on any atom is 0.169 e. The minimum absolute atomic E-state index is 0.00583. The molecule has 106 valence electrons. The summed E-state index contributed by atoms with van der Waals surface area (Å²) in [6.07, 6.45) is 0.234. The Morgan fingerprint density at radius 1 is 1.40 bits per heavy atom. The molecule has 0 bridgehead atoms. The number of carbonyl (C=O) groups is 1. The van der Waals surface area contributed by atoms with Gasteiger partial charge in [-0.25, -0.2) is 0 Å². The highest BCUT2D eigenvalue weighted by Gasteiger charge is 2.18. The standard InChI is InChI=1S/C15H18ClN3O/c1-4-19-13(15(16)10(3)18-19)8-14(20)11-6-5-7-12(17)9(11)2/h5-7H,4,8,17H2,1-3H3. The van der Waals surface area contributed by atoms with Crippen LogP contribution in [0.15, 0.2) is 18.2 Å². The molecule has 4 nitrogen and oxygen atoms in total. The summed E-state index contributed by atoms with van der Waals surface area (Å²) in [4.78, 5) is 12.5. The lowest BCUT2D eigenvalue weighted by molar-refractivity contribution is 0.0990. The number of aromatic nitrogens is 2. The van der Waals surface area contributed by atoms with Crippen molar-refractivity contribution >= 4 is 23.1 Å². The van der Waals surface area contributed by atoms with Crippen LogP contribution in [0.5, 0.6) is 0 Å². The van der Waals surface area contributed by atoms with E-state index in [0.717, 1.165) is 17.0 Å². The Labute approximate surface area is 123 Å². The second kappa shape index (κ2) is 5.67. The number of halogens is 1. The Bertz CT molecular complexity index is 661. The van der Waals surface area contributed by atoms with Gasteiger partial charge in [0.05, 0.1) is 22.8 Å². The molecule has 2 aromatic rings. The Balaban J connectivity index is 2.35. The summed E-state index contributed by atoms with van der Waals surface area (Å²) in [7, 11) is 0. The van der Waals surface area contributed by atoms with Gasteiger partial charge in [-0.3, -0.25) is 9.48 Å². The Morgan fingerprint density at radius 3 is 2.75 bits per heavy atom. The first-order chi connectivity index (χ1) is 9.45. The van der Waals surface area contributed by atoms with Crippen molar-refractivity contribution < 1.29 is 4.79 Å². The highest BCUT2D eigenvalue weighted by Crippen LogP contribution is 2.23. The van der Waals surface area contributed by atoms with Crippen molar-refractivity contribution in [3.8, 4) is 0 Å². The van der Waals surface area contributed by atoms with Gasteiger partial charge in [-0.05, 0) is 32.4 Å². The molecule has 20 heavy (non-hydrogen) atoms. The van der Waals surface area contributed by atoms with Gasteiger partial charge in [-0.2, -0.15) is 5.10 Å². The van der Waals surface area contributed by atoms with Crippen LogP contribution in [-0.4, -0.2) is 15.6 Å². The molecule has 0 atom stereocenters. The van der Waals surface area contributed by atoms with Gasteiger partial charge in [0.15, 0.2) is 5.78 Å². The first kappa shape index (κ1) is 14.6. The molecule has 5 heteroatoms. The maximum atomic E-state index is 12.5. The van der Waals surface area contributed by atoms with E-state index >= 15 is 0 Å². The number of nitrogens with zero attached hydrogens (tertiary/aromatic N) is 2. The predicted octanol–water partition coefficient (Wildman–Crippen LogP) is 3.18. The number of Topliss-reactive ketones (excluding diaryl/α,β-unsaturated/α-hetero) is 1.